The molecule has 0 bridgehead atoms. The van der Waals surface area contributed by atoms with Crippen LogP contribution in [-0.4, -0.2) is 38.6 Å². The molecule has 0 fully saturated rings. The van der Waals surface area contributed by atoms with E-state index in [1.54, 1.807) is 13.0 Å². The quantitative estimate of drug-likeness (QED) is 0.599. The number of hydrogen-bond donors (Lipinski definition) is 0. The number of anilines is 1. The van der Waals surface area contributed by atoms with Crippen LogP contribution in [0, 0.1) is 6.92 Å². The third-order valence-electron chi connectivity index (χ3n) is 4.41. The number of ketones is 1. The van der Waals surface area contributed by atoms with E-state index in [2.05, 4.69) is 9.97 Å². The van der Waals surface area contributed by atoms with Gasteiger partial charge in [-0.3, -0.25) is 19.1 Å². The second kappa shape index (κ2) is 6.08. The Labute approximate surface area is 151 Å². The molecule has 0 saturated carbocycles. The predicted molar refractivity (Wildman–Crippen MR) is 88.6 cm³/mol. The first kappa shape index (κ1) is 18.4. The highest BCUT2D eigenvalue weighted by Crippen LogP contribution is 2.43. The Hall–Kier alpha value is -2.42. The number of fused-ring (bicyclic) bond motifs is 1. The highest BCUT2D eigenvalue weighted by Gasteiger charge is 2.60. The van der Waals surface area contributed by atoms with Crippen molar-refractivity contribution >= 4 is 23.3 Å². The van der Waals surface area contributed by atoms with Gasteiger partial charge >= 0.3 is 6.18 Å². The van der Waals surface area contributed by atoms with Gasteiger partial charge in [-0.25, -0.2) is 4.98 Å². The topological polar surface area (TPSA) is 68.1 Å². The number of aromatic nitrogens is 3. The van der Waals surface area contributed by atoms with Crippen LogP contribution in [0.25, 0.3) is 0 Å². The maximum absolute atomic E-state index is 13.8. The molecule has 0 saturated heterocycles. The summed E-state index contributed by atoms with van der Waals surface area (Å²) in [7, 11) is 0. The summed E-state index contributed by atoms with van der Waals surface area (Å²) in [6.07, 6.45) is -3.40. The SMILES string of the molecule is Cc1ccc(C(=O)CN2c3nc(Cl)cc(=O)n3CC2(C)C(F)(F)F)cn1. The number of carbonyl (C=O) groups is 1. The minimum Gasteiger partial charge on any atom is -0.318 e. The van der Waals surface area contributed by atoms with Crippen LogP contribution < -0.4 is 10.5 Å². The van der Waals surface area contributed by atoms with Crippen LogP contribution in [-0.2, 0) is 6.54 Å². The number of Topliss-reactive ketones (excluding diaryl/α,β-unsaturated/α-hetero) is 1. The van der Waals surface area contributed by atoms with Crippen molar-refractivity contribution in [2.24, 2.45) is 0 Å². The van der Waals surface area contributed by atoms with Crippen LogP contribution in [0.5, 0.6) is 0 Å². The summed E-state index contributed by atoms with van der Waals surface area (Å²) in [6.45, 7) is 1.36. The minimum atomic E-state index is -4.70. The molecular weight excluding hydrogens is 373 g/mol. The van der Waals surface area contributed by atoms with Crippen molar-refractivity contribution < 1.29 is 18.0 Å². The van der Waals surface area contributed by atoms with E-state index in [9.17, 15) is 22.8 Å². The largest absolute Gasteiger partial charge is 0.413 e. The fourth-order valence-electron chi connectivity index (χ4n) is 2.79. The lowest BCUT2D eigenvalue weighted by atomic mass is 10.00. The fourth-order valence-corrected chi connectivity index (χ4v) is 2.96. The van der Waals surface area contributed by atoms with Crippen LogP contribution in [0.1, 0.15) is 23.0 Å². The summed E-state index contributed by atoms with van der Waals surface area (Å²) in [5.41, 5.74) is -2.33. The molecule has 26 heavy (non-hydrogen) atoms. The number of alkyl halides is 3. The van der Waals surface area contributed by atoms with Crippen LogP contribution in [0.15, 0.2) is 29.2 Å². The second-order valence-corrected chi connectivity index (χ2v) is 6.66. The first-order chi connectivity index (χ1) is 12.0. The average Bonchev–Trinajstić information content (AvgIpc) is 2.82. The fraction of sp³-hybridized carbons (Fsp3) is 0.375. The predicted octanol–water partition coefficient (Wildman–Crippen LogP) is 2.62. The lowest BCUT2D eigenvalue weighted by molar-refractivity contribution is -0.181. The van der Waals surface area contributed by atoms with Gasteiger partial charge in [0.25, 0.3) is 5.56 Å². The molecule has 0 aliphatic carbocycles. The van der Waals surface area contributed by atoms with Gasteiger partial charge < -0.3 is 4.90 Å². The standard InChI is InChI=1S/C16H14ClF3N4O2/c1-9-3-4-10(6-21-9)11(25)7-24-14-22-12(17)5-13(26)23(14)8-15(24,2)16(18,19)20/h3-6H,7-8H2,1-2H3. The average molecular weight is 387 g/mol. The first-order valence-corrected chi connectivity index (χ1v) is 7.98. The summed E-state index contributed by atoms with van der Waals surface area (Å²) in [5.74, 6) is -0.855. The third kappa shape index (κ3) is 2.96. The molecular formula is C16H14ClF3N4O2. The van der Waals surface area contributed by atoms with Crippen molar-refractivity contribution in [2.75, 3.05) is 11.4 Å². The number of rotatable bonds is 3. The number of nitrogens with zero attached hydrogens (tertiary/aromatic N) is 4. The molecule has 0 aromatic carbocycles. The van der Waals surface area contributed by atoms with Crippen LogP contribution in [0.4, 0.5) is 19.1 Å². The zero-order chi connectivity index (χ0) is 19.3. The zero-order valence-electron chi connectivity index (χ0n) is 13.8. The van der Waals surface area contributed by atoms with Gasteiger partial charge in [0.05, 0.1) is 13.1 Å². The Balaban J connectivity index is 2.05. The summed E-state index contributed by atoms with van der Waals surface area (Å²) in [5, 5.41) is -0.234. The molecule has 1 atom stereocenters. The lowest BCUT2D eigenvalue weighted by Gasteiger charge is -2.36. The number of pyridine rings is 1. The van der Waals surface area contributed by atoms with Gasteiger partial charge in [-0.1, -0.05) is 11.6 Å². The van der Waals surface area contributed by atoms with E-state index < -0.39 is 36.1 Å². The second-order valence-electron chi connectivity index (χ2n) is 6.27. The number of halogens is 4. The Bertz CT molecular complexity index is 927. The number of carbonyl (C=O) groups excluding carboxylic acids is 1. The van der Waals surface area contributed by atoms with Crippen LogP contribution in [0.3, 0.4) is 0 Å². The van der Waals surface area contributed by atoms with Gasteiger partial charge in [0.1, 0.15) is 5.15 Å². The molecule has 1 unspecified atom stereocenters. The van der Waals surface area contributed by atoms with E-state index in [1.165, 1.54) is 12.3 Å². The highest BCUT2D eigenvalue weighted by molar-refractivity contribution is 6.29. The Kier molecular flexibility index (Phi) is 4.30. The molecule has 138 valence electrons. The Morgan fingerprint density at radius 1 is 1.38 bits per heavy atom. The van der Waals surface area contributed by atoms with E-state index in [4.69, 9.17) is 11.6 Å². The number of aryl methyl sites for hydroxylation is 1. The molecule has 2 aromatic rings. The molecule has 2 aromatic heterocycles. The zero-order valence-corrected chi connectivity index (χ0v) is 14.6. The molecule has 6 nitrogen and oxygen atoms in total. The van der Waals surface area contributed by atoms with Crippen LogP contribution >= 0.6 is 11.6 Å². The maximum atomic E-state index is 13.8. The van der Waals surface area contributed by atoms with E-state index in [0.29, 0.717) is 5.69 Å². The van der Waals surface area contributed by atoms with Crippen molar-refractivity contribution in [1.82, 2.24) is 14.5 Å². The van der Waals surface area contributed by atoms with E-state index >= 15 is 0 Å². The summed E-state index contributed by atoms with van der Waals surface area (Å²) in [6, 6.07) is 4.02. The lowest BCUT2D eigenvalue weighted by Crippen LogP contribution is -2.57. The highest BCUT2D eigenvalue weighted by atomic mass is 35.5. The van der Waals surface area contributed by atoms with Gasteiger partial charge in [0, 0.05) is 23.5 Å². The molecule has 1 aliphatic rings. The smallest absolute Gasteiger partial charge is 0.318 e. The normalized spacial score (nSPS) is 19.5. The molecule has 0 radical (unpaired) electrons. The van der Waals surface area contributed by atoms with Gasteiger partial charge in [0.15, 0.2) is 11.3 Å². The maximum Gasteiger partial charge on any atom is 0.413 e. The molecule has 3 rings (SSSR count). The Morgan fingerprint density at radius 2 is 2.08 bits per heavy atom. The van der Waals surface area contributed by atoms with E-state index in [1.807, 2.05) is 0 Å². The molecule has 0 amide bonds. The summed E-state index contributed by atoms with van der Waals surface area (Å²) in [4.78, 5) is 33.2. The molecule has 3 heterocycles. The molecule has 10 heteroatoms. The summed E-state index contributed by atoms with van der Waals surface area (Å²) < 4.78 is 42.1. The summed E-state index contributed by atoms with van der Waals surface area (Å²) >= 11 is 5.75. The van der Waals surface area contributed by atoms with Gasteiger partial charge in [0.2, 0.25) is 5.95 Å². The molecule has 1 aliphatic heterocycles. The van der Waals surface area contributed by atoms with Crippen molar-refractivity contribution in [3.05, 3.63) is 51.2 Å². The van der Waals surface area contributed by atoms with Crippen molar-refractivity contribution in [3.63, 3.8) is 0 Å². The van der Waals surface area contributed by atoms with Crippen molar-refractivity contribution in [3.8, 4) is 0 Å². The Morgan fingerprint density at radius 3 is 2.65 bits per heavy atom. The van der Waals surface area contributed by atoms with Gasteiger partial charge in [-0.15, -0.1) is 0 Å². The third-order valence-corrected chi connectivity index (χ3v) is 4.60. The van der Waals surface area contributed by atoms with E-state index in [-0.39, 0.29) is 16.7 Å². The monoisotopic (exact) mass is 386 g/mol. The van der Waals surface area contributed by atoms with Gasteiger partial charge in [-0.2, -0.15) is 13.2 Å². The van der Waals surface area contributed by atoms with Gasteiger partial charge in [-0.05, 0) is 26.0 Å². The minimum absolute atomic E-state index is 0.169. The first-order valence-electron chi connectivity index (χ1n) is 7.60. The van der Waals surface area contributed by atoms with Crippen molar-refractivity contribution in [1.29, 1.82) is 0 Å². The van der Waals surface area contributed by atoms with Crippen LogP contribution in [0.2, 0.25) is 5.15 Å². The van der Waals surface area contributed by atoms with Crippen molar-refractivity contribution in [2.45, 2.75) is 32.1 Å². The number of hydrogen-bond acceptors (Lipinski definition) is 5. The molecule has 0 N–H and O–H groups in total. The van der Waals surface area contributed by atoms with E-state index in [0.717, 1.165) is 22.5 Å². The molecule has 0 spiro atoms.